The summed E-state index contributed by atoms with van der Waals surface area (Å²) in [6, 6.07) is 42.9. The fourth-order valence-electron chi connectivity index (χ4n) is 8.91. The molecule has 6 nitrogen and oxygen atoms in total. The Hall–Kier alpha value is -7.83. The Morgan fingerprint density at radius 3 is 1.34 bits per heavy atom. The van der Waals surface area contributed by atoms with Gasteiger partial charge in [-0.3, -0.25) is 4.57 Å². The molecule has 0 N–H and O–H groups in total. The van der Waals surface area contributed by atoms with E-state index in [0.29, 0.717) is 72.1 Å². The van der Waals surface area contributed by atoms with E-state index in [-0.39, 0.29) is 65.4 Å². The molecule has 4 aromatic heterocycles. The summed E-state index contributed by atoms with van der Waals surface area (Å²) in [4.78, 5) is 16.0. The van der Waals surface area contributed by atoms with Crippen molar-refractivity contribution in [2.24, 2.45) is 0 Å². The average Bonchev–Trinajstić information content (AvgIpc) is 4.02. The molecule has 290 valence electrons. The second-order valence-corrected chi connectivity index (χ2v) is 16.3. The number of fused-ring (bicyclic) bond motifs is 9. The molecule has 0 fully saturated rings. The predicted molar refractivity (Wildman–Crippen MR) is 252 cm³/mol. The highest BCUT2D eigenvalue weighted by atomic mass is 15.2. The molecule has 0 atom stereocenters. The lowest BCUT2D eigenvalue weighted by Gasteiger charge is -2.19. The van der Waals surface area contributed by atoms with Crippen molar-refractivity contribution >= 4 is 65.4 Å². The highest BCUT2D eigenvalue weighted by molar-refractivity contribution is 6.11. The third kappa shape index (κ3) is 5.38. The van der Waals surface area contributed by atoms with Gasteiger partial charge in [0.1, 0.15) is 0 Å². The van der Waals surface area contributed by atoms with E-state index in [4.69, 9.17) is 23.2 Å². The number of hydrogen-bond donors (Lipinski definition) is 0. The number of hydrogen-bond acceptors (Lipinski definition) is 3. The topological polar surface area (TPSA) is 53.5 Å². The maximum Gasteiger partial charge on any atom is 0.238 e. The molecule has 8 aromatic carbocycles. The summed E-state index contributed by atoms with van der Waals surface area (Å²) in [6.07, 6.45) is 0. The highest BCUT2D eigenvalue weighted by Crippen LogP contribution is 2.40. The zero-order valence-electron chi connectivity index (χ0n) is 41.5. The van der Waals surface area contributed by atoms with Gasteiger partial charge in [-0.1, -0.05) is 142 Å². The van der Waals surface area contributed by atoms with E-state index in [0.717, 1.165) is 21.8 Å². The molecule has 12 rings (SSSR count). The van der Waals surface area contributed by atoms with Crippen molar-refractivity contribution in [2.75, 3.05) is 0 Å². The molecular formula is C55H40N6. The second kappa shape index (κ2) is 13.3. The van der Waals surface area contributed by atoms with Gasteiger partial charge in [0, 0.05) is 43.4 Å². The molecular weight excluding hydrogens is 745 g/mol. The van der Waals surface area contributed by atoms with Gasteiger partial charge >= 0.3 is 0 Å². The quantitative estimate of drug-likeness (QED) is 0.174. The molecule has 0 saturated carbocycles. The van der Waals surface area contributed by atoms with Crippen LogP contribution in [-0.4, -0.2) is 28.7 Å². The van der Waals surface area contributed by atoms with Crippen molar-refractivity contribution in [3.63, 3.8) is 0 Å². The smallest absolute Gasteiger partial charge is 0.238 e. The monoisotopic (exact) mass is 792 g/mol. The molecule has 61 heavy (non-hydrogen) atoms. The minimum absolute atomic E-state index is 0.122. The molecule has 0 bridgehead atoms. The maximum atomic E-state index is 9.26. The van der Waals surface area contributed by atoms with Crippen LogP contribution >= 0.6 is 0 Å². The predicted octanol–water partition coefficient (Wildman–Crippen LogP) is 13.8. The fraction of sp³-hybridized carbons (Fsp3) is 0.0727. The van der Waals surface area contributed by atoms with Gasteiger partial charge in [-0.15, -0.1) is 0 Å². The van der Waals surface area contributed by atoms with Crippen molar-refractivity contribution in [3.05, 3.63) is 193 Å². The summed E-state index contributed by atoms with van der Waals surface area (Å²) in [5.74, 6) is 0.893. The molecule has 0 unspecified atom stereocenters. The largest absolute Gasteiger partial charge is 0.309 e. The van der Waals surface area contributed by atoms with Crippen LogP contribution in [0, 0.1) is 0 Å². The molecule has 0 saturated heterocycles. The Bertz CT molecular complexity index is 3980. The Kier molecular flexibility index (Phi) is 6.08. The zero-order chi connectivity index (χ0) is 47.8. The summed E-state index contributed by atoms with van der Waals surface area (Å²) >= 11 is 0. The van der Waals surface area contributed by atoms with Crippen LogP contribution in [0.4, 0.5) is 0 Å². The molecule has 0 aliphatic heterocycles. The minimum atomic E-state index is -0.341. The molecule has 0 amide bonds. The Balaban J connectivity index is 1.20. The van der Waals surface area contributed by atoms with Crippen LogP contribution in [0.1, 0.15) is 37.3 Å². The van der Waals surface area contributed by atoms with Crippen molar-refractivity contribution in [1.29, 1.82) is 0 Å². The van der Waals surface area contributed by atoms with E-state index in [1.807, 2.05) is 129 Å². The van der Waals surface area contributed by atoms with Crippen LogP contribution in [0.5, 0.6) is 0 Å². The van der Waals surface area contributed by atoms with E-state index in [2.05, 4.69) is 45.0 Å². The van der Waals surface area contributed by atoms with Crippen LogP contribution in [0.15, 0.2) is 188 Å². The second-order valence-electron chi connectivity index (χ2n) is 16.3. The van der Waals surface area contributed by atoms with E-state index < -0.39 is 0 Å². The number of benzene rings is 8. The fourth-order valence-corrected chi connectivity index (χ4v) is 8.91. The third-order valence-corrected chi connectivity index (χ3v) is 11.7. The SMILES string of the molecule is [2H]c1c([2H])c([2H])c2c(c1[2H])c1ccccc1n2-c1ccccc1-c1nc(-c2ccccc2-n2c3ccccc3c3c([2H])c([2H])c([2H])c([2H])c32)nc(-n2c3ccccc3c3cc(C(C)(C)C)ccc32)n1. The van der Waals surface area contributed by atoms with Crippen molar-refractivity contribution in [1.82, 2.24) is 28.7 Å². The maximum absolute atomic E-state index is 9.26. The number of aromatic nitrogens is 6. The van der Waals surface area contributed by atoms with E-state index in [9.17, 15) is 2.74 Å². The van der Waals surface area contributed by atoms with Crippen LogP contribution < -0.4 is 0 Å². The number of rotatable bonds is 5. The van der Waals surface area contributed by atoms with Gasteiger partial charge in [-0.2, -0.15) is 9.97 Å². The molecule has 0 radical (unpaired) electrons. The van der Waals surface area contributed by atoms with E-state index >= 15 is 0 Å². The van der Waals surface area contributed by atoms with Gasteiger partial charge in [0.2, 0.25) is 5.95 Å². The normalized spacial score (nSPS) is 14.0. The van der Waals surface area contributed by atoms with Crippen LogP contribution in [0.3, 0.4) is 0 Å². The van der Waals surface area contributed by atoms with Crippen LogP contribution in [-0.2, 0) is 5.41 Å². The first-order valence-corrected chi connectivity index (χ1v) is 20.2. The van der Waals surface area contributed by atoms with E-state index in [1.165, 1.54) is 5.56 Å². The highest BCUT2D eigenvalue weighted by Gasteiger charge is 2.24. The lowest BCUT2D eigenvalue weighted by atomic mass is 9.86. The molecule has 12 aromatic rings. The van der Waals surface area contributed by atoms with Crippen LogP contribution in [0.2, 0.25) is 0 Å². The summed E-state index contributed by atoms with van der Waals surface area (Å²) in [5, 5.41) is 4.19. The summed E-state index contributed by atoms with van der Waals surface area (Å²) in [5.41, 5.74) is 7.11. The Morgan fingerprint density at radius 2 is 0.820 bits per heavy atom. The van der Waals surface area contributed by atoms with Gasteiger partial charge in [0.05, 0.1) is 55.4 Å². The first-order valence-electron chi connectivity index (χ1n) is 24.2. The first kappa shape index (κ1) is 27.8. The summed E-state index contributed by atoms with van der Waals surface area (Å²) in [7, 11) is 0. The molecule has 0 aliphatic carbocycles. The van der Waals surface area contributed by atoms with Crippen molar-refractivity contribution < 1.29 is 11.0 Å². The van der Waals surface area contributed by atoms with Crippen molar-refractivity contribution in [3.8, 4) is 40.1 Å². The van der Waals surface area contributed by atoms with Gasteiger partial charge in [0.25, 0.3) is 0 Å². The molecule has 4 heterocycles. The van der Waals surface area contributed by atoms with Crippen molar-refractivity contribution in [2.45, 2.75) is 26.2 Å². The Labute approximate surface area is 363 Å². The summed E-state index contributed by atoms with van der Waals surface area (Å²) < 4.78 is 77.2. The minimum Gasteiger partial charge on any atom is -0.309 e. The lowest BCUT2D eigenvalue weighted by Crippen LogP contribution is -2.11. The Morgan fingerprint density at radius 1 is 0.393 bits per heavy atom. The van der Waals surface area contributed by atoms with Gasteiger partial charge in [-0.25, -0.2) is 4.98 Å². The van der Waals surface area contributed by atoms with E-state index in [1.54, 1.807) is 0 Å². The van der Waals surface area contributed by atoms with Gasteiger partial charge < -0.3 is 9.13 Å². The molecule has 0 aliphatic rings. The standard InChI is InChI=1S/C55H40N6/c1-55(2,3)35-32-33-51-43(34-35)40-22-8-15-29-48(40)61(51)54-57-52(41-23-9-16-30-49(41)59-44-25-11-4-18-36(44)37-19-5-12-26-45(37)59)56-53(58-54)42-24-10-17-31-50(42)60-46-27-13-6-20-38(46)39-21-7-14-28-47(39)60/h4-34H,1-3H3/i4D,6D,11D,13D,18D,20D,25D,27D. The molecule has 6 heteroatoms. The summed E-state index contributed by atoms with van der Waals surface area (Å²) in [6.45, 7) is 6.58. The van der Waals surface area contributed by atoms with Gasteiger partial charge in [0.15, 0.2) is 11.6 Å². The average molecular weight is 793 g/mol. The third-order valence-electron chi connectivity index (χ3n) is 11.7. The first-order chi connectivity index (χ1) is 33.2. The van der Waals surface area contributed by atoms with Crippen LogP contribution in [0.25, 0.3) is 106 Å². The number of nitrogens with zero attached hydrogens (tertiary/aromatic N) is 6. The van der Waals surface area contributed by atoms with Gasteiger partial charge in [-0.05, 0) is 77.7 Å². The number of para-hydroxylation sites is 7. The zero-order valence-corrected chi connectivity index (χ0v) is 33.5. The lowest BCUT2D eigenvalue weighted by molar-refractivity contribution is 0.591. The molecule has 0 spiro atoms.